The summed E-state index contributed by atoms with van der Waals surface area (Å²) < 4.78 is 13.1. The van der Waals surface area contributed by atoms with Crippen molar-refractivity contribution in [1.82, 2.24) is 0 Å². The molecule has 1 N–H and O–H groups in total. The Morgan fingerprint density at radius 2 is 2.17 bits per heavy atom. The SMILES string of the molecule is CCC1CCCC(C(O)c2ccc(F)cc2C)C1. The lowest BCUT2D eigenvalue weighted by atomic mass is 9.76. The molecule has 0 radical (unpaired) electrons. The van der Waals surface area contributed by atoms with Gasteiger partial charge in [0.05, 0.1) is 6.10 Å². The fourth-order valence-corrected chi connectivity index (χ4v) is 3.22. The molecule has 2 rings (SSSR count). The first-order valence-electron chi connectivity index (χ1n) is 7.06. The Morgan fingerprint density at radius 3 is 2.83 bits per heavy atom. The van der Waals surface area contributed by atoms with Gasteiger partial charge in [-0.1, -0.05) is 32.3 Å². The summed E-state index contributed by atoms with van der Waals surface area (Å²) in [6.45, 7) is 4.10. The maximum absolute atomic E-state index is 13.1. The lowest BCUT2D eigenvalue weighted by Gasteiger charge is -2.32. The van der Waals surface area contributed by atoms with Crippen LogP contribution in [-0.2, 0) is 0 Å². The number of hydrogen-bond acceptors (Lipinski definition) is 1. The molecule has 18 heavy (non-hydrogen) atoms. The van der Waals surface area contributed by atoms with Gasteiger partial charge in [0.1, 0.15) is 5.82 Å². The van der Waals surface area contributed by atoms with Gasteiger partial charge >= 0.3 is 0 Å². The van der Waals surface area contributed by atoms with Gasteiger partial charge in [-0.3, -0.25) is 0 Å². The van der Waals surface area contributed by atoms with Crippen LogP contribution in [0.3, 0.4) is 0 Å². The van der Waals surface area contributed by atoms with E-state index in [0.717, 1.165) is 29.9 Å². The average molecular weight is 250 g/mol. The second-order valence-corrected chi connectivity index (χ2v) is 5.65. The quantitative estimate of drug-likeness (QED) is 0.843. The van der Waals surface area contributed by atoms with Gasteiger partial charge in [-0.05, 0) is 54.9 Å². The molecule has 1 aromatic rings. The van der Waals surface area contributed by atoms with Gasteiger partial charge in [-0.15, -0.1) is 0 Å². The van der Waals surface area contributed by atoms with Gasteiger partial charge in [0.15, 0.2) is 0 Å². The molecular formula is C16H23FO. The molecule has 1 saturated carbocycles. The first-order chi connectivity index (χ1) is 8.61. The van der Waals surface area contributed by atoms with E-state index < -0.39 is 6.10 Å². The fourth-order valence-electron chi connectivity index (χ4n) is 3.22. The van der Waals surface area contributed by atoms with Crippen LogP contribution in [0.2, 0.25) is 0 Å². The van der Waals surface area contributed by atoms with Crippen molar-refractivity contribution in [3.8, 4) is 0 Å². The molecule has 2 heteroatoms. The summed E-state index contributed by atoms with van der Waals surface area (Å²) in [6, 6.07) is 4.70. The molecule has 3 atom stereocenters. The topological polar surface area (TPSA) is 20.2 Å². The molecule has 3 unspecified atom stereocenters. The molecule has 0 bridgehead atoms. The summed E-state index contributed by atoms with van der Waals surface area (Å²) in [4.78, 5) is 0. The lowest BCUT2D eigenvalue weighted by Crippen LogP contribution is -2.21. The first kappa shape index (κ1) is 13.5. The minimum atomic E-state index is -0.431. The normalized spacial score (nSPS) is 26.0. The Bertz CT molecular complexity index is 402. The highest BCUT2D eigenvalue weighted by molar-refractivity contribution is 5.29. The van der Waals surface area contributed by atoms with E-state index in [1.807, 2.05) is 6.92 Å². The third-order valence-electron chi connectivity index (χ3n) is 4.40. The first-order valence-corrected chi connectivity index (χ1v) is 7.06. The fraction of sp³-hybridized carbons (Fsp3) is 0.625. The molecule has 0 aliphatic heterocycles. The largest absolute Gasteiger partial charge is 0.388 e. The number of halogens is 1. The highest BCUT2D eigenvalue weighted by atomic mass is 19.1. The van der Waals surface area contributed by atoms with Crippen LogP contribution >= 0.6 is 0 Å². The molecule has 1 nitrogen and oxygen atoms in total. The number of benzene rings is 1. The summed E-state index contributed by atoms with van der Waals surface area (Å²) >= 11 is 0. The Kier molecular flexibility index (Phi) is 4.39. The van der Waals surface area contributed by atoms with Crippen LogP contribution < -0.4 is 0 Å². The number of aryl methyl sites for hydroxylation is 1. The van der Waals surface area contributed by atoms with Crippen LogP contribution in [0.25, 0.3) is 0 Å². The molecule has 1 aliphatic carbocycles. The summed E-state index contributed by atoms with van der Waals surface area (Å²) in [7, 11) is 0. The van der Waals surface area contributed by atoms with Crippen LogP contribution in [0.5, 0.6) is 0 Å². The maximum atomic E-state index is 13.1. The third kappa shape index (κ3) is 2.92. The van der Waals surface area contributed by atoms with E-state index in [2.05, 4.69) is 6.92 Å². The van der Waals surface area contributed by atoms with Crippen LogP contribution in [0.4, 0.5) is 4.39 Å². The lowest BCUT2D eigenvalue weighted by molar-refractivity contribution is 0.0673. The molecule has 0 spiro atoms. The molecule has 0 aromatic heterocycles. The highest BCUT2D eigenvalue weighted by Gasteiger charge is 2.28. The van der Waals surface area contributed by atoms with Gasteiger partial charge < -0.3 is 5.11 Å². The number of aliphatic hydroxyl groups is 1. The maximum Gasteiger partial charge on any atom is 0.123 e. The van der Waals surface area contributed by atoms with Crippen molar-refractivity contribution in [2.75, 3.05) is 0 Å². The second kappa shape index (κ2) is 5.83. The monoisotopic (exact) mass is 250 g/mol. The third-order valence-corrected chi connectivity index (χ3v) is 4.40. The van der Waals surface area contributed by atoms with E-state index in [0.29, 0.717) is 5.92 Å². The van der Waals surface area contributed by atoms with Crippen molar-refractivity contribution in [3.63, 3.8) is 0 Å². The molecule has 1 aromatic carbocycles. The molecular weight excluding hydrogens is 227 g/mol. The molecule has 1 aliphatic rings. The van der Waals surface area contributed by atoms with Crippen LogP contribution in [0.15, 0.2) is 18.2 Å². The summed E-state index contributed by atoms with van der Waals surface area (Å²) in [5.41, 5.74) is 1.76. The standard InChI is InChI=1S/C16H23FO/c1-3-12-5-4-6-13(10-12)16(18)15-8-7-14(17)9-11(15)2/h7-9,12-13,16,18H,3-6,10H2,1-2H3. The Hall–Kier alpha value is -0.890. The molecule has 0 amide bonds. The second-order valence-electron chi connectivity index (χ2n) is 5.65. The summed E-state index contributed by atoms with van der Waals surface area (Å²) in [5.74, 6) is 0.866. The molecule has 100 valence electrons. The van der Waals surface area contributed by atoms with Crippen LogP contribution in [-0.4, -0.2) is 5.11 Å². The number of hydrogen-bond donors (Lipinski definition) is 1. The smallest absolute Gasteiger partial charge is 0.123 e. The van der Waals surface area contributed by atoms with E-state index in [1.54, 1.807) is 6.07 Å². The predicted octanol–water partition coefficient (Wildman–Crippen LogP) is 4.38. The zero-order valence-electron chi connectivity index (χ0n) is 11.3. The van der Waals surface area contributed by atoms with Crippen molar-refractivity contribution in [1.29, 1.82) is 0 Å². The van der Waals surface area contributed by atoms with Crippen LogP contribution in [0.1, 0.15) is 56.3 Å². The summed E-state index contributed by atoms with van der Waals surface area (Å²) in [6.07, 6.45) is 5.47. The van der Waals surface area contributed by atoms with Crippen LogP contribution in [0, 0.1) is 24.6 Å². The van der Waals surface area contributed by atoms with E-state index in [-0.39, 0.29) is 5.82 Å². The van der Waals surface area contributed by atoms with Crippen molar-refractivity contribution >= 4 is 0 Å². The zero-order valence-corrected chi connectivity index (χ0v) is 11.3. The van der Waals surface area contributed by atoms with Gasteiger partial charge in [0.25, 0.3) is 0 Å². The number of aliphatic hydroxyl groups excluding tert-OH is 1. The average Bonchev–Trinajstić information content (AvgIpc) is 2.38. The Morgan fingerprint density at radius 1 is 1.39 bits per heavy atom. The predicted molar refractivity (Wildman–Crippen MR) is 71.8 cm³/mol. The Labute approximate surface area is 109 Å². The van der Waals surface area contributed by atoms with E-state index >= 15 is 0 Å². The van der Waals surface area contributed by atoms with E-state index in [1.165, 1.54) is 31.4 Å². The highest BCUT2D eigenvalue weighted by Crippen LogP contribution is 2.39. The van der Waals surface area contributed by atoms with Crippen molar-refractivity contribution in [2.45, 2.75) is 52.1 Å². The van der Waals surface area contributed by atoms with Crippen molar-refractivity contribution in [3.05, 3.63) is 35.1 Å². The van der Waals surface area contributed by atoms with Crippen molar-refractivity contribution < 1.29 is 9.50 Å². The Balaban J connectivity index is 2.12. The van der Waals surface area contributed by atoms with Gasteiger partial charge in [-0.25, -0.2) is 4.39 Å². The molecule has 0 heterocycles. The van der Waals surface area contributed by atoms with Gasteiger partial charge in [0, 0.05) is 0 Å². The molecule has 0 saturated heterocycles. The van der Waals surface area contributed by atoms with E-state index in [9.17, 15) is 9.50 Å². The van der Waals surface area contributed by atoms with Crippen molar-refractivity contribution in [2.24, 2.45) is 11.8 Å². The van der Waals surface area contributed by atoms with Gasteiger partial charge in [-0.2, -0.15) is 0 Å². The minimum absolute atomic E-state index is 0.224. The number of rotatable bonds is 3. The summed E-state index contributed by atoms with van der Waals surface area (Å²) in [5, 5.41) is 10.5. The molecule has 1 fully saturated rings. The minimum Gasteiger partial charge on any atom is -0.388 e. The van der Waals surface area contributed by atoms with Gasteiger partial charge in [0.2, 0.25) is 0 Å². The zero-order chi connectivity index (χ0) is 13.1. The van der Waals surface area contributed by atoms with E-state index in [4.69, 9.17) is 0 Å².